The van der Waals surface area contributed by atoms with E-state index in [1.807, 2.05) is 12.1 Å². The molecule has 0 aromatic heterocycles. The fourth-order valence-electron chi connectivity index (χ4n) is 3.93. The van der Waals surface area contributed by atoms with Gasteiger partial charge in [-0.2, -0.15) is 0 Å². The molecule has 0 radical (unpaired) electrons. The van der Waals surface area contributed by atoms with Gasteiger partial charge in [-0.15, -0.1) is 0 Å². The Balaban J connectivity index is 1.84. The van der Waals surface area contributed by atoms with E-state index in [2.05, 4.69) is 45.1 Å². The number of quaternary nitrogens is 1. The summed E-state index contributed by atoms with van der Waals surface area (Å²) in [7, 11) is 1.71. The highest BCUT2D eigenvalue weighted by Crippen LogP contribution is 2.46. The summed E-state index contributed by atoms with van der Waals surface area (Å²) in [6.45, 7) is 12.4. The van der Waals surface area contributed by atoms with E-state index in [1.165, 1.54) is 31.4 Å². The molecule has 1 atom stereocenters. The van der Waals surface area contributed by atoms with Crippen LogP contribution in [0.15, 0.2) is 24.3 Å². The monoisotopic (exact) mass is 320 g/mol. The van der Waals surface area contributed by atoms with E-state index in [0.717, 1.165) is 18.9 Å². The second-order valence-corrected chi connectivity index (χ2v) is 7.93. The molecule has 3 nitrogen and oxygen atoms in total. The normalized spacial score (nSPS) is 23.9. The van der Waals surface area contributed by atoms with Crippen LogP contribution in [0.4, 0.5) is 0 Å². The Morgan fingerprint density at radius 3 is 2.48 bits per heavy atom. The van der Waals surface area contributed by atoms with Crippen LogP contribution in [0.1, 0.15) is 52.5 Å². The Labute approximate surface area is 141 Å². The zero-order valence-electron chi connectivity index (χ0n) is 15.5. The Morgan fingerprint density at radius 2 is 1.91 bits per heavy atom. The SMILES string of the molecule is COc1ccc(C[NH2+]CC[C@@]2(C(C)C)CCOC(C)(C)C2)cc1. The summed E-state index contributed by atoms with van der Waals surface area (Å²) in [5.74, 6) is 1.64. The average molecular weight is 320 g/mol. The lowest BCUT2D eigenvalue weighted by Crippen LogP contribution is -2.83. The molecule has 1 aromatic carbocycles. The maximum absolute atomic E-state index is 5.95. The lowest BCUT2D eigenvalue weighted by Gasteiger charge is -2.47. The summed E-state index contributed by atoms with van der Waals surface area (Å²) in [5.41, 5.74) is 1.81. The molecule has 0 bridgehead atoms. The average Bonchev–Trinajstić information content (AvgIpc) is 2.51. The molecule has 1 aromatic rings. The molecule has 1 aliphatic heterocycles. The minimum atomic E-state index is 0.0263. The van der Waals surface area contributed by atoms with Crippen molar-refractivity contribution in [3.63, 3.8) is 0 Å². The van der Waals surface area contributed by atoms with Crippen molar-refractivity contribution in [2.45, 2.75) is 59.1 Å². The molecular weight excluding hydrogens is 286 g/mol. The van der Waals surface area contributed by atoms with Crippen LogP contribution >= 0.6 is 0 Å². The molecule has 1 heterocycles. The zero-order valence-corrected chi connectivity index (χ0v) is 15.5. The van der Waals surface area contributed by atoms with Gasteiger partial charge in [0.2, 0.25) is 0 Å². The largest absolute Gasteiger partial charge is 0.497 e. The third-order valence-corrected chi connectivity index (χ3v) is 5.48. The number of hydrogen-bond donors (Lipinski definition) is 1. The number of nitrogens with two attached hydrogens (primary N) is 1. The van der Waals surface area contributed by atoms with Gasteiger partial charge in [-0.25, -0.2) is 0 Å². The summed E-state index contributed by atoms with van der Waals surface area (Å²) in [6.07, 6.45) is 3.64. The van der Waals surface area contributed by atoms with Gasteiger partial charge in [0.1, 0.15) is 12.3 Å². The molecule has 0 unspecified atom stereocenters. The van der Waals surface area contributed by atoms with Crippen LogP contribution in [0.3, 0.4) is 0 Å². The summed E-state index contributed by atoms with van der Waals surface area (Å²) >= 11 is 0. The molecule has 1 fully saturated rings. The van der Waals surface area contributed by atoms with Crippen molar-refractivity contribution in [1.82, 2.24) is 0 Å². The van der Waals surface area contributed by atoms with Crippen LogP contribution in [0.2, 0.25) is 0 Å². The Kier molecular flexibility index (Phi) is 6.10. The number of hydrogen-bond acceptors (Lipinski definition) is 2. The topological polar surface area (TPSA) is 35.1 Å². The molecule has 3 heteroatoms. The fraction of sp³-hybridized carbons (Fsp3) is 0.700. The van der Waals surface area contributed by atoms with Crippen LogP contribution < -0.4 is 10.1 Å². The number of rotatable bonds is 7. The van der Waals surface area contributed by atoms with Gasteiger partial charge < -0.3 is 14.8 Å². The molecule has 2 N–H and O–H groups in total. The van der Waals surface area contributed by atoms with Crippen molar-refractivity contribution in [3.05, 3.63) is 29.8 Å². The smallest absolute Gasteiger partial charge is 0.118 e. The predicted molar refractivity (Wildman–Crippen MR) is 94.6 cm³/mol. The second kappa shape index (κ2) is 7.67. The second-order valence-electron chi connectivity index (χ2n) is 7.93. The van der Waals surface area contributed by atoms with E-state index in [0.29, 0.717) is 11.3 Å². The quantitative estimate of drug-likeness (QED) is 0.782. The van der Waals surface area contributed by atoms with Crippen LogP contribution in [0.25, 0.3) is 0 Å². The van der Waals surface area contributed by atoms with Crippen molar-refractivity contribution in [1.29, 1.82) is 0 Å². The standard InChI is InChI=1S/C20H33NO2/c1-16(2)20(11-13-23-19(3,4)15-20)10-12-21-14-17-6-8-18(22-5)9-7-17/h6-9,16,21H,10-15H2,1-5H3/p+1/t20-/m1/s1. The fourth-order valence-corrected chi connectivity index (χ4v) is 3.93. The van der Waals surface area contributed by atoms with Gasteiger partial charge >= 0.3 is 0 Å². The first-order valence-electron chi connectivity index (χ1n) is 8.95. The maximum atomic E-state index is 5.95. The lowest BCUT2D eigenvalue weighted by atomic mass is 9.65. The predicted octanol–water partition coefficient (Wildman–Crippen LogP) is 3.38. The first-order chi connectivity index (χ1) is 10.9. The molecule has 0 saturated carbocycles. The highest BCUT2D eigenvalue weighted by Gasteiger charge is 2.42. The van der Waals surface area contributed by atoms with Crippen LogP contribution in [-0.4, -0.2) is 25.9 Å². The van der Waals surface area contributed by atoms with Crippen molar-refractivity contribution >= 4 is 0 Å². The van der Waals surface area contributed by atoms with Gasteiger partial charge in [0.15, 0.2) is 0 Å². The van der Waals surface area contributed by atoms with Gasteiger partial charge in [0.05, 0.1) is 19.3 Å². The van der Waals surface area contributed by atoms with E-state index in [4.69, 9.17) is 9.47 Å². The minimum absolute atomic E-state index is 0.0263. The maximum Gasteiger partial charge on any atom is 0.118 e. The molecule has 1 saturated heterocycles. The van der Waals surface area contributed by atoms with Gasteiger partial charge in [0, 0.05) is 18.6 Å². The number of benzene rings is 1. The van der Waals surface area contributed by atoms with Crippen LogP contribution in [-0.2, 0) is 11.3 Å². The zero-order chi connectivity index (χ0) is 16.9. The van der Waals surface area contributed by atoms with Gasteiger partial charge in [0.25, 0.3) is 0 Å². The molecule has 0 aliphatic carbocycles. The Morgan fingerprint density at radius 1 is 1.22 bits per heavy atom. The first kappa shape index (κ1) is 18.3. The van der Waals surface area contributed by atoms with Gasteiger partial charge in [-0.1, -0.05) is 13.8 Å². The highest BCUT2D eigenvalue weighted by atomic mass is 16.5. The van der Waals surface area contributed by atoms with E-state index < -0.39 is 0 Å². The molecule has 0 amide bonds. The van der Waals surface area contributed by atoms with Gasteiger partial charge in [-0.3, -0.25) is 0 Å². The highest BCUT2D eigenvalue weighted by molar-refractivity contribution is 5.26. The van der Waals surface area contributed by atoms with Crippen molar-refractivity contribution in [3.8, 4) is 5.75 Å². The summed E-state index contributed by atoms with van der Waals surface area (Å²) < 4.78 is 11.2. The summed E-state index contributed by atoms with van der Waals surface area (Å²) in [4.78, 5) is 0. The lowest BCUT2D eigenvalue weighted by molar-refractivity contribution is -0.672. The third-order valence-electron chi connectivity index (χ3n) is 5.48. The van der Waals surface area contributed by atoms with E-state index in [-0.39, 0.29) is 5.60 Å². The van der Waals surface area contributed by atoms with Crippen LogP contribution in [0, 0.1) is 11.3 Å². The minimum Gasteiger partial charge on any atom is -0.497 e. The molecular formula is C20H34NO2+. The van der Waals surface area contributed by atoms with Crippen molar-refractivity contribution in [2.24, 2.45) is 11.3 Å². The molecule has 2 rings (SSSR count). The first-order valence-corrected chi connectivity index (χ1v) is 8.95. The number of methoxy groups -OCH3 is 1. The third kappa shape index (κ3) is 4.95. The van der Waals surface area contributed by atoms with Crippen LogP contribution in [0.5, 0.6) is 5.75 Å². The molecule has 0 spiro atoms. The van der Waals surface area contributed by atoms with E-state index in [1.54, 1.807) is 7.11 Å². The van der Waals surface area contributed by atoms with Crippen molar-refractivity contribution in [2.75, 3.05) is 20.3 Å². The Hall–Kier alpha value is -1.06. The molecule has 130 valence electrons. The van der Waals surface area contributed by atoms with Gasteiger partial charge in [-0.05, 0) is 62.3 Å². The summed E-state index contributed by atoms with van der Waals surface area (Å²) in [6, 6.07) is 8.40. The molecule has 1 aliphatic rings. The molecule has 23 heavy (non-hydrogen) atoms. The Bertz CT molecular complexity index is 481. The number of ether oxygens (including phenoxy) is 2. The van der Waals surface area contributed by atoms with E-state index in [9.17, 15) is 0 Å². The van der Waals surface area contributed by atoms with Crippen molar-refractivity contribution < 1.29 is 14.8 Å². The summed E-state index contributed by atoms with van der Waals surface area (Å²) in [5, 5.41) is 2.44. The van der Waals surface area contributed by atoms with E-state index >= 15 is 0 Å².